The summed E-state index contributed by atoms with van der Waals surface area (Å²) in [6.45, 7) is 5.58. The van der Waals surface area contributed by atoms with Crippen LogP contribution in [0.1, 0.15) is 142 Å². The molecule has 0 aromatic rings. The van der Waals surface area contributed by atoms with Crippen molar-refractivity contribution in [2.75, 3.05) is 13.1 Å². The predicted octanol–water partition coefficient (Wildman–Crippen LogP) is 7.06. The van der Waals surface area contributed by atoms with Gasteiger partial charge in [0.2, 0.25) is 11.8 Å². The maximum Gasteiger partial charge on any atom is 0.220 e. The molecule has 2 amide bonds. The average Bonchev–Trinajstić information content (AvgIpc) is 2.74. The highest BCUT2D eigenvalue weighted by Crippen LogP contribution is 2.11. The van der Waals surface area contributed by atoms with Gasteiger partial charge in [-0.15, -0.1) is 0 Å². The first-order chi connectivity index (χ1) is 14.7. The zero-order chi connectivity index (χ0) is 22.1. The Morgan fingerprint density at radius 2 is 0.700 bits per heavy atom. The predicted molar refractivity (Wildman–Crippen MR) is 130 cm³/mol. The molecule has 0 atom stereocenters. The molecule has 0 aromatic carbocycles. The minimum Gasteiger partial charge on any atom is -0.354 e. The van der Waals surface area contributed by atoms with Gasteiger partial charge in [0.25, 0.3) is 0 Å². The van der Waals surface area contributed by atoms with E-state index in [9.17, 15) is 9.59 Å². The summed E-state index contributed by atoms with van der Waals surface area (Å²) in [4.78, 5) is 23.7. The van der Waals surface area contributed by atoms with Crippen molar-refractivity contribution >= 4 is 11.8 Å². The molecule has 2 N–H and O–H groups in total. The molecular formula is C26H52N2O2. The fourth-order valence-electron chi connectivity index (χ4n) is 3.77. The molecule has 0 fully saturated rings. The van der Waals surface area contributed by atoms with Crippen LogP contribution in [0.15, 0.2) is 0 Å². The lowest BCUT2D eigenvalue weighted by Crippen LogP contribution is -2.34. The van der Waals surface area contributed by atoms with Crippen molar-refractivity contribution in [1.29, 1.82) is 0 Å². The lowest BCUT2D eigenvalue weighted by Gasteiger charge is -2.07. The molecule has 0 heterocycles. The zero-order valence-electron chi connectivity index (χ0n) is 20.4. The third kappa shape index (κ3) is 23.2. The van der Waals surface area contributed by atoms with Crippen LogP contribution in [0.4, 0.5) is 0 Å². The van der Waals surface area contributed by atoms with Gasteiger partial charge < -0.3 is 10.6 Å². The van der Waals surface area contributed by atoms with Crippen molar-refractivity contribution in [2.45, 2.75) is 142 Å². The van der Waals surface area contributed by atoms with Crippen molar-refractivity contribution in [2.24, 2.45) is 0 Å². The van der Waals surface area contributed by atoms with E-state index in [4.69, 9.17) is 0 Å². The normalized spacial score (nSPS) is 10.9. The zero-order valence-corrected chi connectivity index (χ0v) is 20.4. The van der Waals surface area contributed by atoms with Crippen LogP contribution in [-0.2, 0) is 9.59 Å². The molecule has 0 spiro atoms. The molecular weight excluding hydrogens is 372 g/mol. The van der Waals surface area contributed by atoms with Gasteiger partial charge in [0.15, 0.2) is 0 Å². The highest BCUT2D eigenvalue weighted by molar-refractivity contribution is 5.77. The summed E-state index contributed by atoms with van der Waals surface area (Å²) in [5.74, 6) is 0.234. The van der Waals surface area contributed by atoms with Crippen LogP contribution in [0, 0.1) is 0 Å². The van der Waals surface area contributed by atoms with E-state index >= 15 is 0 Å². The van der Waals surface area contributed by atoms with Crippen molar-refractivity contribution in [3.8, 4) is 0 Å². The van der Waals surface area contributed by atoms with E-state index < -0.39 is 0 Å². The van der Waals surface area contributed by atoms with Crippen LogP contribution < -0.4 is 10.6 Å². The van der Waals surface area contributed by atoms with Crippen molar-refractivity contribution in [3.63, 3.8) is 0 Å². The molecule has 0 rings (SSSR count). The van der Waals surface area contributed by atoms with Gasteiger partial charge in [0.1, 0.15) is 0 Å². The number of hydrogen-bond donors (Lipinski definition) is 2. The van der Waals surface area contributed by atoms with Gasteiger partial charge in [0, 0.05) is 25.9 Å². The van der Waals surface area contributed by atoms with Crippen molar-refractivity contribution in [3.05, 3.63) is 0 Å². The minimum atomic E-state index is 0.117. The van der Waals surface area contributed by atoms with Crippen LogP contribution >= 0.6 is 0 Å². The molecule has 30 heavy (non-hydrogen) atoms. The van der Waals surface area contributed by atoms with Gasteiger partial charge in [-0.05, 0) is 12.8 Å². The lowest BCUT2D eigenvalue weighted by atomic mass is 10.1. The van der Waals surface area contributed by atoms with E-state index in [1.165, 1.54) is 89.9 Å². The van der Waals surface area contributed by atoms with E-state index in [1.807, 2.05) is 0 Å². The van der Waals surface area contributed by atoms with Crippen LogP contribution in [0.2, 0.25) is 0 Å². The van der Waals surface area contributed by atoms with Crippen LogP contribution in [0.5, 0.6) is 0 Å². The van der Waals surface area contributed by atoms with Gasteiger partial charge in [-0.2, -0.15) is 0 Å². The summed E-state index contributed by atoms with van der Waals surface area (Å²) < 4.78 is 0. The van der Waals surface area contributed by atoms with Gasteiger partial charge in [-0.3, -0.25) is 9.59 Å². The van der Waals surface area contributed by atoms with Gasteiger partial charge in [0.05, 0.1) is 0 Å². The minimum absolute atomic E-state index is 0.117. The Bertz CT molecular complexity index is 349. The molecule has 0 aliphatic carbocycles. The molecule has 4 nitrogen and oxygen atoms in total. The maximum absolute atomic E-state index is 11.8. The monoisotopic (exact) mass is 424 g/mol. The summed E-state index contributed by atoms with van der Waals surface area (Å²) in [5.41, 5.74) is 0. The molecule has 0 aliphatic rings. The Labute approximate surface area is 187 Å². The molecule has 178 valence electrons. The number of amides is 2. The summed E-state index contributed by atoms with van der Waals surface area (Å²) >= 11 is 0. The standard InChI is InChI=1S/C26H52N2O2/c1-3-5-7-9-11-13-15-17-19-21-25(29)27-23-24-28-26(30)22-20-18-16-14-12-10-8-6-4-2/h3-24H2,1-2H3,(H,27,29)(H,28,30). The lowest BCUT2D eigenvalue weighted by molar-refractivity contribution is -0.123. The Hall–Kier alpha value is -1.06. The van der Waals surface area contributed by atoms with E-state index in [0.717, 1.165) is 25.7 Å². The van der Waals surface area contributed by atoms with Crippen LogP contribution in [0.25, 0.3) is 0 Å². The Morgan fingerprint density at radius 3 is 1.00 bits per heavy atom. The van der Waals surface area contributed by atoms with Crippen molar-refractivity contribution in [1.82, 2.24) is 10.6 Å². The number of carbonyl (C=O) groups is 2. The third-order valence-electron chi connectivity index (χ3n) is 5.78. The van der Waals surface area contributed by atoms with Gasteiger partial charge in [-0.25, -0.2) is 0 Å². The molecule has 0 radical (unpaired) electrons. The van der Waals surface area contributed by atoms with E-state index in [2.05, 4.69) is 24.5 Å². The second-order valence-corrected chi connectivity index (χ2v) is 8.86. The first kappa shape index (κ1) is 28.9. The second-order valence-electron chi connectivity index (χ2n) is 8.86. The average molecular weight is 425 g/mol. The van der Waals surface area contributed by atoms with E-state index in [1.54, 1.807) is 0 Å². The SMILES string of the molecule is CCCCCCCCCCCC(=O)NCCNC(=O)CCCCCCCCCCC. The van der Waals surface area contributed by atoms with E-state index in [0.29, 0.717) is 25.9 Å². The first-order valence-corrected chi connectivity index (χ1v) is 13.2. The van der Waals surface area contributed by atoms with Crippen LogP contribution in [-0.4, -0.2) is 24.9 Å². The van der Waals surface area contributed by atoms with Crippen molar-refractivity contribution < 1.29 is 9.59 Å². The first-order valence-electron chi connectivity index (χ1n) is 13.2. The number of hydrogen-bond acceptors (Lipinski definition) is 2. The summed E-state index contributed by atoms with van der Waals surface area (Å²) in [6, 6.07) is 0. The topological polar surface area (TPSA) is 58.2 Å². The van der Waals surface area contributed by atoms with E-state index in [-0.39, 0.29) is 11.8 Å². The third-order valence-corrected chi connectivity index (χ3v) is 5.78. The second kappa shape index (κ2) is 24.2. The molecule has 0 aromatic heterocycles. The summed E-state index contributed by atoms with van der Waals surface area (Å²) in [6.07, 6.45) is 24.0. The summed E-state index contributed by atoms with van der Waals surface area (Å²) in [7, 11) is 0. The Kier molecular flexibility index (Phi) is 23.4. The largest absolute Gasteiger partial charge is 0.354 e. The molecule has 0 bridgehead atoms. The number of unbranched alkanes of at least 4 members (excludes halogenated alkanes) is 16. The summed E-state index contributed by atoms with van der Waals surface area (Å²) in [5, 5.41) is 5.83. The highest BCUT2D eigenvalue weighted by atomic mass is 16.2. The number of rotatable bonds is 23. The fourth-order valence-corrected chi connectivity index (χ4v) is 3.77. The number of nitrogens with one attached hydrogen (secondary N) is 2. The fraction of sp³-hybridized carbons (Fsp3) is 0.923. The quantitative estimate of drug-likeness (QED) is 0.172. The van der Waals surface area contributed by atoms with Gasteiger partial charge in [-0.1, -0.05) is 117 Å². The highest BCUT2D eigenvalue weighted by Gasteiger charge is 2.03. The van der Waals surface area contributed by atoms with Crippen LogP contribution in [0.3, 0.4) is 0 Å². The smallest absolute Gasteiger partial charge is 0.220 e. The Balaban J connectivity index is 3.29. The molecule has 0 aliphatic heterocycles. The Morgan fingerprint density at radius 1 is 0.433 bits per heavy atom. The molecule has 0 saturated carbocycles. The number of carbonyl (C=O) groups excluding carboxylic acids is 2. The molecule has 0 unspecified atom stereocenters. The molecule has 4 heteroatoms. The molecule has 0 saturated heterocycles. The maximum atomic E-state index is 11.8. The van der Waals surface area contributed by atoms with Gasteiger partial charge >= 0.3 is 0 Å².